The average molecular weight is 367 g/mol. The first-order valence-corrected chi connectivity index (χ1v) is 10.1. The van der Waals surface area contributed by atoms with E-state index in [1.165, 1.54) is 5.56 Å². The van der Waals surface area contributed by atoms with E-state index in [2.05, 4.69) is 52.9 Å². The van der Waals surface area contributed by atoms with E-state index < -0.39 is 0 Å². The van der Waals surface area contributed by atoms with Gasteiger partial charge in [-0.15, -0.1) is 5.10 Å². The van der Waals surface area contributed by atoms with Crippen LogP contribution in [0.1, 0.15) is 59.9 Å². The zero-order valence-electron chi connectivity index (χ0n) is 16.3. The molecule has 0 spiro atoms. The molecular weight excluding hydrogens is 338 g/mol. The van der Waals surface area contributed by atoms with Crippen molar-refractivity contribution in [2.75, 3.05) is 26.2 Å². The van der Waals surface area contributed by atoms with Crippen molar-refractivity contribution in [2.45, 2.75) is 45.1 Å². The molecule has 2 aliphatic rings. The van der Waals surface area contributed by atoms with Crippen molar-refractivity contribution < 1.29 is 4.79 Å². The lowest BCUT2D eigenvalue weighted by molar-refractivity contribution is 0.0654. The third-order valence-electron chi connectivity index (χ3n) is 6.20. The summed E-state index contributed by atoms with van der Waals surface area (Å²) in [6.07, 6.45) is 3.08. The van der Waals surface area contributed by atoms with Crippen molar-refractivity contribution in [2.24, 2.45) is 5.92 Å². The molecule has 2 fully saturated rings. The number of amides is 1. The molecule has 2 aliphatic heterocycles. The highest BCUT2D eigenvalue weighted by molar-refractivity contribution is 5.93. The van der Waals surface area contributed by atoms with Crippen molar-refractivity contribution in [3.63, 3.8) is 0 Å². The molecule has 1 N–H and O–H groups in total. The van der Waals surface area contributed by atoms with Gasteiger partial charge in [-0.05, 0) is 56.7 Å². The Kier molecular flexibility index (Phi) is 5.25. The minimum atomic E-state index is 0.0334. The summed E-state index contributed by atoms with van der Waals surface area (Å²) in [6.45, 7) is 7.78. The van der Waals surface area contributed by atoms with Gasteiger partial charge in [-0.3, -0.25) is 4.79 Å². The van der Waals surface area contributed by atoms with Crippen LogP contribution < -0.4 is 5.32 Å². The predicted octanol–water partition coefficient (Wildman–Crippen LogP) is 2.78. The first-order valence-electron chi connectivity index (χ1n) is 10.1. The first kappa shape index (κ1) is 18.2. The average Bonchev–Trinajstić information content (AvgIpc) is 3.10. The second-order valence-electron chi connectivity index (χ2n) is 7.98. The molecule has 3 heterocycles. The van der Waals surface area contributed by atoms with E-state index >= 15 is 0 Å². The SMILES string of the molecule is Cc1c(C(=O)N2CCC(c3ccccc3)C(C)C2)nnn1C1CCNCC1. The minimum Gasteiger partial charge on any atom is -0.337 e. The second-order valence-corrected chi connectivity index (χ2v) is 7.98. The van der Waals surface area contributed by atoms with E-state index in [1.54, 1.807) is 0 Å². The highest BCUT2D eigenvalue weighted by Gasteiger charge is 2.32. The van der Waals surface area contributed by atoms with E-state index in [9.17, 15) is 4.79 Å². The summed E-state index contributed by atoms with van der Waals surface area (Å²) in [5.41, 5.74) is 2.81. The maximum absolute atomic E-state index is 13.1. The third-order valence-corrected chi connectivity index (χ3v) is 6.20. The van der Waals surface area contributed by atoms with Gasteiger partial charge in [0.25, 0.3) is 5.91 Å². The molecule has 1 amide bonds. The standard InChI is InChI=1S/C21H29N5O/c1-15-14-25(13-10-19(15)17-6-4-3-5-7-17)21(27)20-16(2)26(24-23-20)18-8-11-22-12-9-18/h3-7,15,18-19,22H,8-14H2,1-2H3. The number of carbonyl (C=O) groups is 1. The Balaban J connectivity index is 1.45. The fourth-order valence-corrected chi connectivity index (χ4v) is 4.61. The molecule has 0 bridgehead atoms. The van der Waals surface area contributed by atoms with Crippen LogP contribution in [0, 0.1) is 12.8 Å². The molecule has 27 heavy (non-hydrogen) atoms. The topological polar surface area (TPSA) is 63.1 Å². The van der Waals surface area contributed by atoms with E-state index in [1.807, 2.05) is 16.5 Å². The Morgan fingerprint density at radius 2 is 1.89 bits per heavy atom. The lowest BCUT2D eigenvalue weighted by Crippen LogP contribution is -2.42. The van der Waals surface area contributed by atoms with E-state index in [4.69, 9.17) is 0 Å². The van der Waals surface area contributed by atoms with Crippen LogP contribution in [-0.4, -0.2) is 52.0 Å². The van der Waals surface area contributed by atoms with Gasteiger partial charge in [0.1, 0.15) is 0 Å². The zero-order chi connectivity index (χ0) is 18.8. The fourth-order valence-electron chi connectivity index (χ4n) is 4.61. The summed E-state index contributed by atoms with van der Waals surface area (Å²) in [4.78, 5) is 15.1. The zero-order valence-corrected chi connectivity index (χ0v) is 16.3. The van der Waals surface area contributed by atoms with E-state index in [-0.39, 0.29) is 5.91 Å². The van der Waals surface area contributed by atoms with Gasteiger partial charge in [0.15, 0.2) is 5.69 Å². The van der Waals surface area contributed by atoms with Crippen LogP contribution in [0.2, 0.25) is 0 Å². The molecule has 2 unspecified atom stereocenters. The molecule has 4 rings (SSSR count). The van der Waals surface area contributed by atoms with Crippen molar-refractivity contribution in [1.82, 2.24) is 25.2 Å². The lowest BCUT2D eigenvalue weighted by atomic mass is 9.81. The minimum absolute atomic E-state index is 0.0334. The second kappa shape index (κ2) is 7.80. The largest absolute Gasteiger partial charge is 0.337 e. The molecule has 2 aromatic rings. The molecular formula is C21H29N5O. The summed E-state index contributed by atoms with van der Waals surface area (Å²) in [5.74, 6) is 0.984. The maximum Gasteiger partial charge on any atom is 0.276 e. The monoisotopic (exact) mass is 367 g/mol. The van der Waals surface area contributed by atoms with Crippen LogP contribution >= 0.6 is 0 Å². The van der Waals surface area contributed by atoms with Gasteiger partial charge in [-0.2, -0.15) is 0 Å². The Hall–Kier alpha value is -2.21. The Morgan fingerprint density at radius 1 is 1.15 bits per heavy atom. The Bertz CT molecular complexity index is 781. The number of rotatable bonds is 3. The van der Waals surface area contributed by atoms with Crippen LogP contribution in [0.4, 0.5) is 0 Å². The molecule has 6 heteroatoms. The maximum atomic E-state index is 13.1. The predicted molar refractivity (Wildman–Crippen MR) is 105 cm³/mol. The van der Waals surface area contributed by atoms with Gasteiger partial charge in [-0.1, -0.05) is 42.5 Å². The Morgan fingerprint density at radius 3 is 2.59 bits per heavy atom. The van der Waals surface area contributed by atoms with E-state index in [0.717, 1.165) is 51.1 Å². The van der Waals surface area contributed by atoms with Crippen LogP contribution in [0.3, 0.4) is 0 Å². The molecule has 1 aromatic carbocycles. The van der Waals surface area contributed by atoms with Crippen LogP contribution in [0.15, 0.2) is 30.3 Å². The first-order chi connectivity index (χ1) is 13.1. The number of nitrogens with zero attached hydrogens (tertiary/aromatic N) is 4. The highest BCUT2D eigenvalue weighted by Crippen LogP contribution is 2.33. The Labute approximate surface area is 160 Å². The molecule has 1 aromatic heterocycles. The molecule has 0 saturated carbocycles. The number of carbonyl (C=O) groups excluding carboxylic acids is 1. The smallest absolute Gasteiger partial charge is 0.276 e. The van der Waals surface area contributed by atoms with E-state index in [0.29, 0.717) is 23.6 Å². The summed E-state index contributed by atoms with van der Waals surface area (Å²) in [7, 11) is 0. The number of nitrogens with one attached hydrogen (secondary N) is 1. The van der Waals surface area contributed by atoms with Crippen LogP contribution in [0.25, 0.3) is 0 Å². The summed E-state index contributed by atoms with van der Waals surface area (Å²) < 4.78 is 1.97. The number of benzene rings is 1. The molecule has 2 saturated heterocycles. The quantitative estimate of drug-likeness (QED) is 0.906. The highest BCUT2D eigenvalue weighted by atomic mass is 16.2. The van der Waals surface area contributed by atoms with Crippen molar-refractivity contribution in [1.29, 1.82) is 0 Å². The number of aromatic nitrogens is 3. The van der Waals surface area contributed by atoms with Crippen LogP contribution in [-0.2, 0) is 0 Å². The molecule has 0 radical (unpaired) electrons. The summed E-state index contributed by atoms with van der Waals surface area (Å²) >= 11 is 0. The van der Waals surface area contributed by atoms with Gasteiger partial charge in [-0.25, -0.2) is 4.68 Å². The lowest BCUT2D eigenvalue weighted by Gasteiger charge is -2.37. The van der Waals surface area contributed by atoms with Crippen LogP contribution in [0.5, 0.6) is 0 Å². The number of likely N-dealkylation sites (tertiary alicyclic amines) is 1. The van der Waals surface area contributed by atoms with Gasteiger partial charge in [0.2, 0.25) is 0 Å². The molecule has 6 nitrogen and oxygen atoms in total. The number of hydrogen-bond acceptors (Lipinski definition) is 4. The molecule has 144 valence electrons. The number of hydrogen-bond donors (Lipinski definition) is 1. The van der Waals surface area contributed by atoms with Gasteiger partial charge < -0.3 is 10.2 Å². The third kappa shape index (κ3) is 3.63. The van der Waals surface area contributed by atoms with Gasteiger partial charge in [0, 0.05) is 13.1 Å². The fraction of sp³-hybridized carbons (Fsp3) is 0.571. The van der Waals surface area contributed by atoms with Crippen molar-refractivity contribution >= 4 is 5.91 Å². The summed E-state index contributed by atoms with van der Waals surface area (Å²) in [5, 5.41) is 12.0. The van der Waals surface area contributed by atoms with Gasteiger partial charge in [0.05, 0.1) is 11.7 Å². The molecule has 0 aliphatic carbocycles. The van der Waals surface area contributed by atoms with Gasteiger partial charge >= 0.3 is 0 Å². The summed E-state index contributed by atoms with van der Waals surface area (Å²) in [6, 6.07) is 11.0. The van der Waals surface area contributed by atoms with Crippen molar-refractivity contribution in [3.05, 3.63) is 47.3 Å². The molecule has 2 atom stereocenters. The van der Waals surface area contributed by atoms with Crippen molar-refractivity contribution in [3.8, 4) is 0 Å². The normalized spacial score (nSPS) is 24.1. The number of piperidine rings is 2.